The minimum atomic E-state index is -3.67. The van der Waals surface area contributed by atoms with Crippen LogP contribution in [0.25, 0.3) is 0 Å². The summed E-state index contributed by atoms with van der Waals surface area (Å²) in [6.07, 6.45) is 0.868. The van der Waals surface area contributed by atoms with E-state index in [1.54, 1.807) is 6.92 Å². The standard InChI is InChI=1S/C13H18ClN3O3S/c1-8-11(15)6-10(14)7-12(8)21(19,20)17-4-2-9(3-5-17)13(16)18/h6-7,9H,2-5,15H2,1H3,(H2,16,18). The van der Waals surface area contributed by atoms with Crippen molar-refractivity contribution in [1.82, 2.24) is 4.31 Å². The number of benzene rings is 1. The van der Waals surface area contributed by atoms with Gasteiger partial charge >= 0.3 is 0 Å². The normalized spacial score (nSPS) is 17.8. The van der Waals surface area contributed by atoms with Crippen molar-refractivity contribution >= 4 is 33.2 Å². The van der Waals surface area contributed by atoms with E-state index in [9.17, 15) is 13.2 Å². The summed E-state index contributed by atoms with van der Waals surface area (Å²) < 4.78 is 26.7. The molecule has 8 heteroatoms. The second-order valence-corrected chi connectivity index (χ2v) is 7.54. The van der Waals surface area contributed by atoms with Crippen LogP contribution in [0.15, 0.2) is 17.0 Å². The Labute approximate surface area is 129 Å². The molecule has 0 saturated carbocycles. The highest BCUT2D eigenvalue weighted by Crippen LogP contribution is 2.30. The number of carbonyl (C=O) groups is 1. The molecule has 1 aromatic carbocycles. The van der Waals surface area contributed by atoms with Crippen LogP contribution in [0, 0.1) is 12.8 Å². The topological polar surface area (TPSA) is 106 Å². The van der Waals surface area contributed by atoms with E-state index < -0.39 is 10.0 Å². The van der Waals surface area contributed by atoms with Crippen molar-refractivity contribution in [3.05, 3.63) is 22.7 Å². The van der Waals surface area contributed by atoms with Crippen LogP contribution in [-0.2, 0) is 14.8 Å². The second-order valence-electron chi connectivity index (χ2n) is 5.20. The maximum Gasteiger partial charge on any atom is 0.243 e. The van der Waals surface area contributed by atoms with E-state index in [2.05, 4.69) is 0 Å². The third-order valence-corrected chi connectivity index (χ3v) is 6.08. The fourth-order valence-corrected chi connectivity index (χ4v) is 4.50. The lowest BCUT2D eigenvalue weighted by Crippen LogP contribution is -2.41. The molecule has 0 unspecified atom stereocenters. The van der Waals surface area contributed by atoms with Gasteiger partial charge in [0.25, 0.3) is 0 Å². The second kappa shape index (κ2) is 5.82. The van der Waals surface area contributed by atoms with Gasteiger partial charge in [-0.05, 0) is 37.5 Å². The van der Waals surface area contributed by atoms with Gasteiger partial charge in [-0.3, -0.25) is 4.79 Å². The SMILES string of the molecule is Cc1c(N)cc(Cl)cc1S(=O)(=O)N1CCC(C(N)=O)CC1. The van der Waals surface area contributed by atoms with Crippen molar-refractivity contribution in [2.75, 3.05) is 18.8 Å². The molecule has 1 amide bonds. The highest BCUT2D eigenvalue weighted by molar-refractivity contribution is 7.89. The lowest BCUT2D eigenvalue weighted by molar-refractivity contribution is -0.122. The number of primary amides is 1. The Kier molecular flexibility index (Phi) is 4.46. The van der Waals surface area contributed by atoms with E-state index in [4.69, 9.17) is 23.1 Å². The Morgan fingerprint density at radius 3 is 2.43 bits per heavy atom. The van der Waals surface area contributed by atoms with Crippen molar-refractivity contribution < 1.29 is 13.2 Å². The molecule has 1 aliphatic rings. The van der Waals surface area contributed by atoms with Gasteiger partial charge in [-0.15, -0.1) is 0 Å². The molecule has 2 rings (SSSR count). The van der Waals surface area contributed by atoms with Crippen molar-refractivity contribution in [2.45, 2.75) is 24.7 Å². The molecule has 0 atom stereocenters. The fraction of sp³-hybridized carbons (Fsp3) is 0.462. The molecule has 21 heavy (non-hydrogen) atoms. The first-order valence-electron chi connectivity index (χ1n) is 6.58. The number of hydrogen-bond acceptors (Lipinski definition) is 4. The van der Waals surface area contributed by atoms with Crippen molar-refractivity contribution in [2.24, 2.45) is 11.7 Å². The van der Waals surface area contributed by atoms with Crippen LogP contribution in [0.4, 0.5) is 5.69 Å². The Bertz CT molecular complexity index is 667. The minimum Gasteiger partial charge on any atom is -0.398 e. The Hall–Kier alpha value is -1.31. The Morgan fingerprint density at radius 2 is 1.90 bits per heavy atom. The average molecular weight is 332 g/mol. The predicted octanol–water partition coefficient (Wildman–Crippen LogP) is 1.12. The number of rotatable bonds is 3. The summed E-state index contributed by atoms with van der Waals surface area (Å²) in [6.45, 7) is 2.18. The van der Waals surface area contributed by atoms with E-state index in [-0.39, 0.29) is 34.8 Å². The largest absolute Gasteiger partial charge is 0.398 e. The van der Waals surface area contributed by atoms with E-state index in [1.165, 1.54) is 16.4 Å². The number of nitrogens with two attached hydrogens (primary N) is 2. The van der Waals surface area contributed by atoms with Gasteiger partial charge in [0.15, 0.2) is 0 Å². The maximum atomic E-state index is 12.7. The Balaban J connectivity index is 2.30. The first-order chi connectivity index (χ1) is 9.73. The molecular formula is C13H18ClN3O3S. The van der Waals surface area contributed by atoms with E-state index in [1.807, 2.05) is 0 Å². The van der Waals surface area contributed by atoms with Gasteiger partial charge in [-0.1, -0.05) is 11.6 Å². The van der Waals surface area contributed by atoms with Gasteiger partial charge in [0.2, 0.25) is 15.9 Å². The van der Waals surface area contributed by atoms with E-state index >= 15 is 0 Å². The zero-order valence-corrected chi connectivity index (χ0v) is 13.2. The van der Waals surface area contributed by atoms with Crippen LogP contribution < -0.4 is 11.5 Å². The van der Waals surface area contributed by atoms with Gasteiger partial charge in [-0.25, -0.2) is 8.42 Å². The van der Waals surface area contributed by atoms with Crippen LogP contribution in [0.3, 0.4) is 0 Å². The van der Waals surface area contributed by atoms with Crippen LogP contribution >= 0.6 is 11.6 Å². The highest BCUT2D eigenvalue weighted by Gasteiger charge is 2.32. The molecule has 1 saturated heterocycles. The number of nitrogens with zero attached hydrogens (tertiary/aromatic N) is 1. The molecule has 116 valence electrons. The minimum absolute atomic E-state index is 0.116. The third kappa shape index (κ3) is 3.14. The summed E-state index contributed by atoms with van der Waals surface area (Å²) in [5.74, 6) is -0.641. The summed E-state index contributed by atoms with van der Waals surface area (Å²) in [5.41, 5.74) is 11.9. The van der Waals surface area contributed by atoms with Gasteiger partial charge in [0.1, 0.15) is 0 Å². The van der Waals surface area contributed by atoms with Crippen LogP contribution in [0.5, 0.6) is 0 Å². The molecule has 0 aliphatic carbocycles. The summed E-state index contributed by atoms with van der Waals surface area (Å²) in [7, 11) is -3.67. The molecule has 0 spiro atoms. The highest BCUT2D eigenvalue weighted by atomic mass is 35.5. The van der Waals surface area contributed by atoms with Crippen LogP contribution in [0.2, 0.25) is 5.02 Å². The van der Waals surface area contributed by atoms with Crippen molar-refractivity contribution in [1.29, 1.82) is 0 Å². The average Bonchev–Trinajstić information content (AvgIpc) is 2.42. The summed E-state index contributed by atoms with van der Waals surface area (Å²) in [5, 5.41) is 0.281. The molecule has 6 nitrogen and oxygen atoms in total. The molecule has 0 bridgehead atoms. The first-order valence-corrected chi connectivity index (χ1v) is 8.40. The Morgan fingerprint density at radius 1 is 1.33 bits per heavy atom. The molecule has 1 heterocycles. The van der Waals surface area contributed by atoms with Gasteiger partial charge < -0.3 is 11.5 Å². The number of carbonyl (C=O) groups excluding carboxylic acids is 1. The van der Waals surface area contributed by atoms with Crippen LogP contribution in [-0.4, -0.2) is 31.7 Å². The maximum absolute atomic E-state index is 12.7. The van der Waals surface area contributed by atoms with Gasteiger partial charge in [-0.2, -0.15) is 4.31 Å². The molecule has 1 aromatic rings. The summed E-state index contributed by atoms with van der Waals surface area (Å²) >= 11 is 5.91. The van der Waals surface area contributed by atoms with Gasteiger partial charge in [0.05, 0.1) is 4.90 Å². The molecule has 0 radical (unpaired) electrons. The number of nitrogen functional groups attached to an aromatic ring is 1. The number of hydrogen-bond donors (Lipinski definition) is 2. The predicted molar refractivity (Wildman–Crippen MR) is 81.3 cm³/mol. The quantitative estimate of drug-likeness (QED) is 0.809. The third-order valence-electron chi connectivity index (χ3n) is 3.84. The summed E-state index contributed by atoms with van der Waals surface area (Å²) in [6, 6.07) is 2.93. The number of amides is 1. The smallest absolute Gasteiger partial charge is 0.243 e. The van der Waals surface area contributed by atoms with E-state index in [0.29, 0.717) is 24.1 Å². The number of piperidine rings is 1. The van der Waals surface area contributed by atoms with Gasteiger partial charge in [0, 0.05) is 29.7 Å². The van der Waals surface area contributed by atoms with Crippen molar-refractivity contribution in [3.8, 4) is 0 Å². The molecule has 4 N–H and O–H groups in total. The summed E-state index contributed by atoms with van der Waals surface area (Å²) in [4.78, 5) is 11.3. The number of halogens is 1. The monoisotopic (exact) mass is 331 g/mol. The molecular weight excluding hydrogens is 314 g/mol. The fourth-order valence-electron chi connectivity index (χ4n) is 2.46. The van der Waals surface area contributed by atoms with Crippen molar-refractivity contribution in [3.63, 3.8) is 0 Å². The lowest BCUT2D eigenvalue weighted by atomic mass is 9.98. The molecule has 0 aromatic heterocycles. The number of anilines is 1. The number of sulfonamides is 1. The zero-order valence-electron chi connectivity index (χ0n) is 11.7. The first kappa shape index (κ1) is 16.1. The van der Waals surface area contributed by atoms with E-state index in [0.717, 1.165) is 0 Å². The lowest BCUT2D eigenvalue weighted by Gasteiger charge is -2.30. The molecule has 1 aliphatic heterocycles. The van der Waals surface area contributed by atoms with Crippen LogP contribution in [0.1, 0.15) is 18.4 Å². The molecule has 1 fully saturated rings. The zero-order chi connectivity index (χ0) is 15.8.